The number of hydrogen-bond acceptors (Lipinski definition) is 2. The molecule has 3 nitrogen and oxygen atoms in total. The van der Waals surface area contributed by atoms with Crippen LogP contribution in [0.4, 0.5) is 65.9 Å². The minimum Gasteiger partial charge on any atom is -0.283 e. The van der Waals surface area contributed by atoms with E-state index in [0.717, 1.165) is 0 Å². The van der Waals surface area contributed by atoms with Gasteiger partial charge in [-0.15, -0.1) is 0 Å². The van der Waals surface area contributed by atoms with Gasteiger partial charge in [-0.3, -0.25) is 4.55 Å². The monoisotopic (exact) mass is 462 g/mol. The van der Waals surface area contributed by atoms with Crippen LogP contribution in [0.5, 0.6) is 0 Å². The lowest BCUT2D eigenvalue weighted by Crippen LogP contribution is -2.92. The molecule has 0 bridgehead atoms. The van der Waals surface area contributed by atoms with Crippen LogP contribution >= 0.6 is 0 Å². The van der Waals surface area contributed by atoms with E-state index in [2.05, 4.69) is 0 Å². The van der Waals surface area contributed by atoms with E-state index in [1.165, 1.54) is 0 Å². The fourth-order valence-corrected chi connectivity index (χ4v) is 3.38. The number of alkyl halides is 15. The van der Waals surface area contributed by atoms with Crippen molar-refractivity contribution in [1.29, 1.82) is 0 Å². The van der Waals surface area contributed by atoms with E-state index in [1.54, 1.807) is 0 Å². The summed E-state index contributed by atoms with van der Waals surface area (Å²) >= 11 is 0. The van der Waals surface area contributed by atoms with Gasteiger partial charge >= 0.3 is 56.6 Å². The second kappa shape index (κ2) is 5.07. The van der Waals surface area contributed by atoms with Gasteiger partial charge in [0.15, 0.2) is 0 Å². The highest BCUT2D eigenvalue weighted by Crippen LogP contribution is 2.75. The zero-order chi connectivity index (χ0) is 22.5. The fourth-order valence-electron chi connectivity index (χ4n) is 2.33. The summed E-state index contributed by atoms with van der Waals surface area (Å²) in [4.78, 5) is 0. The van der Waals surface area contributed by atoms with E-state index in [1.807, 2.05) is 0 Å². The molecule has 0 saturated heterocycles. The first kappa shape index (κ1) is 23.9. The van der Waals surface area contributed by atoms with Crippen molar-refractivity contribution in [2.24, 2.45) is 0 Å². The van der Waals surface area contributed by atoms with E-state index in [4.69, 9.17) is 4.55 Å². The molecule has 162 valence electrons. The van der Waals surface area contributed by atoms with Crippen LogP contribution in [-0.4, -0.2) is 59.4 Å². The van der Waals surface area contributed by atoms with Crippen molar-refractivity contribution in [3.8, 4) is 0 Å². The third-order valence-corrected chi connectivity index (χ3v) is 4.92. The van der Waals surface area contributed by atoms with Crippen LogP contribution in [0.15, 0.2) is 0 Å². The normalized spacial score (nSPS) is 39.3. The average Bonchev–Trinajstić information content (AvgIpc) is 2.38. The van der Waals surface area contributed by atoms with Crippen molar-refractivity contribution in [3.63, 3.8) is 0 Å². The molecule has 0 aliphatic heterocycles. The Morgan fingerprint density at radius 1 is 0.556 bits per heavy atom. The summed E-state index contributed by atoms with van der Waals surface area (Å²) in [6.45, 7) is 0. The predicted octanol–water partition coefficient (Wildman–Crippen LogP) is 4.00. The second-order valence-corrected chi connectivity index (χ2v) is 6.62. The second-order valence-electron chi connectivity index (χ2n) is 5.11. The predicted molar refractivity (Wildman–Crippen MR) is 50.0 cm³/mol. The summed E-state index contributed by atoms with van der Waals surface area (Å²) < 4.78 is 226. The molecule has 1 N–H and O–H groups in total. The van der Waals surface area contributed by atoms with Crippen molar-refractivity contribution in [3.05, 3.63) is 0 Å². The molecule has 3 unspecified atom stereocenters. The molecule has 0 spiro atoms. The molecule has 0 amide bonds. The summed E-state index contributed by atoms with van der Waals surface area (Å²) in [6.07, 6.45) is -16.3. The molecule has 1 aliphatic rings. The van der Waals surface area contributed by atoms with E-state index in [9.17, 15) is 74.3 Å². The smallest absolute Gasteiger partial charge is 0.283 e. The van der Waals surface area contributed by atoms with Gasteiger partial charge in [0.05, 0.1) is 0 Å². The van der Waals surface area contributed by atoms with Crippen LogP contribution in [0.3, 0.4) is 0 Å². The third kappa shape index (κ3) is 2.04. The summed E-state index contributed by atoms with van der Waals surface area (Å²) in [5.41, 5.74) is -17.0. The molecule has 0 aromatic carbocycles. The Balaban J connectivity index is 4.43. The van der Waals surface area contributed by atoms with Gasteiger partial charge in [0.25, 0.3) is 0 Å². The maximum Gasteiger partial charge on any atom is 0.435 e. The lowest BCUT2D eigenvalue weighted by atomic mass is 9.66. The Morgan fingerprint density at radius 2 is 0.852 bits per heavy atom. The first-order valence-corrected chi connectivity index (χ1v) is 6.99. The minimum absolute atomic E-state index is 8.08. The van der Waals surface area contributed by atoms with Crippen LogP contribution < -0.4 is 0 Å². The Labute approximate surface area is 136 Å². The van der Waals surface area contributed by atoms with E-state index < -0.39 is 56.6 Å². The Kier molecular flexibility index (Phi) is 4.48. The third-order valence-electron chi connectivity index (χ3n) is 3.68. The van der Waals surface area contributed by atoms with Gasteiger partial charge in [-0.2, -0.15) is 61.1 Å². The standard InChI is InChI=1S/C8HF15O3S/c9-1(7(18,19)20)3(11,12)2(10,8(21,22)23)6(17,27(24,25)26)5(15,16)4(1,13)14/h(H,24,25,26). The SMILES string of the molecule is O=S(=O)(O)C1(F)C(F)(F)C(F)(F)C(F)(C(F)(F)F)C(F)(F)C1(F)C(F)(F)F. The van der Waals surface area contributed by atoms with E-state index >= 15 is 0 Å². The Hall–Kier alpha value is -1.14. The zero-order valence-corrected chi connectivity index (χ0v) is 12.2. The summed E-state index contributed by atoms with van der Waals surface area (Å²) in [5, 5.41) is -8.20. The van der Waals surface area contributed by atoms with Crippen molar-refractivity contribution in [2.45, 2.75) is 46.5 Å². The molecule has 0 radical (unpaired) electrons. The topological polar surface area (TPSA) is 54.4 Å². The summed E-state index contributed by atoms with van der Waals surface area (Å²) in [7, 11) is -8.37. The number of hydrogen-bond donors (Lipinski definition) is 1. The van der Waals surface area contributed by atoms with Crippen LogP contribution in [0, 0.1) is 0 Å². The van der Waals surface area contributed by atoms with Gasteiger partial charge in [0.1, 0.15) is 0 Å². The maximum atomic E-state index is 13.9. The van der Waals surface area contributed by atoms with Crippen LogP contribution in [0.2, 0.25) is 0 Å². The first-order chi connectivity index (χ1) is 11.2. The van der Waals surface area contributed by atoms with Crippen molar-refractivity contribution >= 4 is 10.1 Å². The number of halogens is 15. The Morgan fingerprint density at radius 3 is 1.07 bits per heavy atom. The quantitative estimate of drug-likeness (QED) is 0.474. The van der Waals surface area contributed by atoms with Gasteiger partial charge in [-0.1, -0.05) is 0 Å². The first-order valence-electron chi connectivity index (χ1n) is 5.55. The summed E-state index contributed by atoms with van der Waals surface area (Å²) in [5.74, 6) is -25.3. The van der Waals surface area contributed by atoms with Gasteiger partial charge < -0.3 is 0 Å². The lowest BCUT2D eigenvalue weighted by Gasteiger charge is -2.56. The van der Waals surface area contributed by atoms with E-state index in [0.29, 0.717) is 0 Å². The zero-order valence-electron chi connectivity index (χ0n) is 11.3. The lowest BCUT2D eigenvalue weighted by molar-refractivity contribution is -0.494. The van der Waals surface area contributed by atoms with Crippen molar-refractivity contribution in [1.82, 2.24) is 0 Å². The Bertz CT molecular complexity index is 737. The largest absolute Gasteiger partial charge is 0.435 e. The van der Waals surface area contributed by atoms with Crippen molar-refractivity contribution in [2.75, 3.05) is 0 Å². The molecule has 0 aromatic heterocycles. The van der Waals surface area contributed by atoms with Gasteiger partial charge in [-0.05, 0) is 0 Å². The summed E-state index contributed by atoms with van der Waals surface area (Å²) in [6, 6.07) is 0. The maximum absolute atomic E-state index is 13.9. The average molecular weight is 462 g/mol. The van der Waals surface area contributed by atoms with Gasteiger partial charge in [-0.25, -0.2) is 13.2 Å². The van der Waals surface area contributed by atoms with Crippen LogP contribution in [0.25, 0.3) is 0 Å². The molecule has 0 heterocycles. The molecule has 1 fully saturated rings. The molecular weight excluding hydrogens is 461 g/mol. The van der Waals surface area contributed by atoms with Crippen molar-refractivity contribution < 1.29 is 78.8 Å². The molecule has 3 atom stereocenters. The molecule has 1 rings (SSSR count). The molecule has 1 aliphatic carbocycles. The molecule has 27 heavy (non-hydrogen) atoms. The molecule has 19 heteroatoms. The minimum atomic E-state index is -8.59. The molecule has 0 aromatic rings. The highest BCUT2D eigenvalue weighted by atomic mass is 32.2. The van der Waals surface area contributed by atoms with E-state index in [-0.39, 0.29) is 0 Å². The number of rotatable bonds is 1. The van der Waals surface area contributed by atoms with Crippen LogP contribution in [-0.2, 0) is 10.1 Å². The molecule has 1 saturated carbocycles. The van der Waals surface area contributed by atoms with Gasteiger partial charge in [0.2, 0.25) is 0 Å². The van der Waals surface area contributed by atoms with Gasteiger partial charge in [0, 0.05) is 0 Å². The van der Waals surface area contributed by atoms with Crippen LogP contribution in [0.1, 0.15) is 0 Å². The molecular formula is C8HF15O3S. The highest BCUT2D eigenvalue weighted by molar-refractivity contribution is 7.87. The highest BCUT2D eigenvalue weighted by Gasteiger charge is 3.09. The fraction of sp³-hybridized carbons (Fsp3) is 1.00.